The van der Waals surface area contributed by atoms with E-state index in [-0.39, 0.29) is 11.4 Å². The molecule has 8 heteroatoms. The van der Waals surface area contributed by atoms with E-state index in [4.69, 9.17) is 9.47 Å². The minimum atomic E-state index is -1.06. The maximum atomic E-state index is 13.1. The number of ether oxygens (including phenoxy) is 2. The topological polar surface area (TPSA) is 87.7 Å². The molecule has 1 aliphatic rings. The highest BCUT2D eigenvalue weighted by Crippen LogP contribution is 2.32. The number of benzene rings is 2. The fourth-order valence-electron chi connectivity index (χ4n) is 3.40. The zero-order valence-electron chi connectivity index (χ0n) is 16.3. The number of nitrogens with zero attached hydrogens (tertiary/aromatic N) is 2. The molecule has 1 saturated heterocycles. The van der Waals surface area contributed by atoms with Crippen molar-refractivity contribution in [1.29, 1.82) is 0 Å². The van der Waals surface area contributed by atoms with Gasteiger partial charge in [0.1, 0.15) is 23.7 Å². The van der Waals surface area contributed by atoms with Crippen LogP contribution in [0.3, 0.4) is 0 Å². The van der Waals surface area contributed by atoms with Crippen molar-refractivity contribution >= 4 is 29.0 Å². The van der Waals surface area contributed by atoms with Crippen molar-refractivity contribution in [2.75, 3.05) is 39.5 Å². The first-order valence-electron chi connectivity index (χ1n) is 9.73. The molecule has 2 heterocycles. The van der Waals surface area contributed by atoms with Gasteiger partial charge >= 0.3 is 5.97 Å². The summed E-state index contributed by atoms with van der Waals surface area (Å²) < 4.78 is 24.4. The maximum Gasteiger partial charge on any atom is 0.339 e. The number of aromatic amines is 1. The maximum absolute atomic E-state index is 13.1. The molecule has 1 fully saturated rings. The van der Waals surface area contributed by atoms with Crippen LogP contribution < -0.4 is 4.74 Å². The van der Waals surface area contributed by atoms with Crippen LogP contribution in [0.5, 0.6) is 5.75 Å². The van der Waals surface area contributed by atoms with Gasteiger partial charge in [-0.2, -0.15) is 5.10 Å². The standard InChI is InChI=1S/C22H22FN3O4/c23-16-4-1-15(2-5-16)3-7-18-20-19(25-24-18)8-6-17(22(27)28)21(20)30-14-11-26-9-12-29-13-10-26/h1-8H,9-14H2,(H,24,25)(H,27,28)/b7-3+. The van der Waals surface area contributed by atoms with E-state index in [1.165, 1.54) is 18.2 Å². The van der Waals surface area contributed by atoms with Gasteiger partial charge in [0.2, 0.25) is 0 Å². The molecule has 0 saturated carbocycles. The largest absolute Gasteiger partial charge is 0.491 e. The van der Waals surface area contributed by atoms with Crippen LogP contribution in [-0.2, 0) is 4.74 Å². The molecule has 4 rings (SSSR count). The van der Waals surface area contributed by atoms with Gasteiger partial charge in [-0.05, 0) is 35.9 Å². The second kappa shape index (κ2) is 9.06. The molecule has 30 heavy (non-hydrogen) atoms. The second-order valence-electron chi connectivity index (χ2n) is 6.97. The second-order valence-corrected chi connectivity index (χ2v) is 6.97. The minimum absolute atomic E-state index is 0.0855. The van der Waals surface area contributed by atoms with E-state index in [0.29, 0.717) is 48.7 Å². The highest BCUT2D eigenvalue weighted by atomic mass is 19.1. The smallest absolute Gasteiger partial charge is 0.339 e. The van der Waals surface area contributed by atoms with E-state index < -0.39 is 5.97 Å². The van der Waals surface area contributed by atoms with Crippen LogP contribution in [0.15, 0.2) is 36.4 Å². The van der Waals surface area contributed by atoms with Crippen molar-refractivity contribution in [3.8, 4) is 5.75 Å². The Bertz CT molecular complexity index is 1060. The average Bonchev–Trinajstić information content (AvgIpc) is 3.17. The van der Waals surface area contributed by atoms with Crippen molar-refractivity contribution in [2.24, 2.45) is 0 Å². The Morgan fingerprint density at radius 3 is 2.70 bits per heavy atom. The molecule has 0 atom stereocenters. The first kappa shape index (κ1) is 20.1. The SMILES string of the molecule is O=C(O)c1ccc2[nH]nc(/C=C/c3ccc(F)cc3)c2c1OCCN1CCOCC1. The van der Waals surface area contributed by atoms with Crippen molar-refractivity contribution in [3.63, 3.8) is 0 Å². The number of halogens is 1. The third-order valence-electron chi connectivity index (χ3n) is 5.00. The van der Waals surface area contributed by atoms with Gasteiger partial charge in [-0.1, -0.05) is 18.2 Å². The summed E-state index contributed by atoms with van der Waals surface area (Å²) in [7, 11) is 0. The number of hydrogen-bond donors (Lipinski definition) is 2. The Kier molecular flexibility index (Phi) is 6.06. The number of carboxylic acid groups (broad SMARTS) is 1. The predicted octanol–water partition coefficient (Wildman–Crippen LogP) is 3.28. The number of rotatable bonds is 7. The number of H-pyrrole nitrogens is 1. The number of aromatic nitrogens is 2. The van der Waals surface area contributed by atoms with Crippen LogP contribution in [0.1, 0.15) is 21.6 Å². The lowest BCUT2D eigenvalue weighted by atomic mass is 10.1. The molecule has 1 aliphatic heterocycles. The molecule has 0 bridgehead atoms. The van der Waals surface area contributed by atoms with Crippen molar-refractivity contribution in [2.45, 2.75) is 0 Å². The Balaban J connectivity index is 1.62. The Morgan fingerprint density at radius 1 is 1.20 bits per heavy atom. The normalized spacial score (nSPS) is 15.1. The molecule has 7 nitrogen and oxygen atoms in total. The fourth-order valence-corrected chi connectivity index (χ4v) is 3.40. The zero-order valence-corrected chi connectivity index (χ0v) is 16.3. The highest BCUT2D eigenvalue weighted by Gasteiger charge is 2.19. The first-order valence-corrected chi connectivity index (χ1v) is 9.73. The molecule has 0 unspecified atom stereocenters. The number of carbonyl (C=O) groups is 1. The van der Waals surface area contributed by atoms with Crippen molar-refractivity contribution in [1.82, 2.24) is 15.1 Å². The minimum Gasteiger partial charge on any atom is -0.491 e. The van der Waals surface area contributed by atoms with Crippen LogP contribution in [0, 0.1) is 5.82 Å². The Hall–Kier alpha value is -3.23. The average molecular weight is 411 g/mol. The van der Waals surface area contributed by atoms with E-state index in [0.717, 1.165) is 18.7 Å². The van der Waals surface area contributed by atoms with Crippen LogP contribution >= 0.6 is 0 Å². The lowest BCUT2D eigenvalue weighted by Crippen LogP contribution is -2.38. The number of carboxylic acids is 1. The van der Waals surface area contributed by atoms with Gasteiger partial charge in [0, 0.05) is 19.6 Å². The molecule has 2 N–H and O–H groups in total. The summed E-state index contributed by atoms with van der Waals surface area (Å²) in [6.07, 6.45) is 3.55. The van der Waals surface area contributed by atoms with Gasteiger partial charge in [0.05, 0.1) is 29.8 Å². The molecule has 156 valence electrons. The highest BCUT2D eigenvalue weighted by molar-refractivity contribution is 6.02. The number of nitrogens with one attached hydrogen (secondary N) is 1. The van der Waals surface area contributed by atoms with Crippen molar-refractivity contribution in [3.05, 3.63) is 59.0 Å². The molecule has 0 aliphatic carbocycles. The molecule has 3 aromatic rings. The van der Waals surface area contributed by atoms with Gasteiger partial charge in [0.25, 0.3) is 0 Å². The number of hydrogen-bond acceptors (Lipinski definition) is 5. The Morgan fingerprint density at radius 2 is 1.97 bits per heavy atom. The summed E-state index contributed by atoms with van der Waals surface area (Å²) >= 11 is 0. The van der Waals surface area contributed by atoms with Crippen molar-refractivity contribution < 1.29 is 23.8 Å². The van der Waals surface area contributed by atoms with Crippen LogP contribution in [0.2, 0.25) is 0 Å². The summed E-state index contributed by atoms with van der Waals surface area (Å²) in [5.74, 6) is -1.08. The van der Waals surface area contributed by atoms with Gasteiger partial charge in [-0.3, -0.25) is 10.00 Å². The first-order chi connectivity index (χ1) is 14.6. The van der Waals surface area contributed by atoms with Crippen LogP contribution in [0.25, 0.3) is 23.1 Å². The lowest BCUT2D eigenvalue weighted by Gasteiger charge is -2.26. The lowest BCUT2D eigenvalue weighted by molar-refractivity contribution is 0.0322. The number of aromatic carboxylic acids is 1. The predicted molar refractivity (Wildman–Crippen MR) is 111 cm³/mol. The van der Waals surface area contributed by atoms with Gasteiger partial charge < -0.3 is 14.6 Å². The summed E-state index contributed by atoms with van der Waals surface area (Å²) in [6.45, 7) is 4.07. The Labute approximate surface area is 172 Å². The van der Waals surface area contributed by atoms with E-state index in [1.54, 1.807) is 30.4 Å². The third kappa shape index (κ3) is 4.50. The number of fused-ring (bicyclic) bond motifs is 1. The zero-order chi connectivity index (χ0) is 20.9. The van der Waals surface area contributed by atoms with Crippen LogP contribution in [-0.4, -0.2) is 65.6 Å². The molecular formula is C22H22FN3O4. The van der Waals surface area contributed by atoms with Crippen LogP contribution in [0.4, 0.5) is 4.39 Å². The molecular weight excluding hydrogens is 389 g/mol. The van der Waals surface area contributed by atoms with E-state index in [1.807, 2.05) is 0 Å². The van der Waals surface area contributed by atoms with E-state index in [9.17, 15) is 14.3 Å². The summed E-state index contributed by atoms with van der Waals surface area (Å²) in [5.41, 5.74) is 2.12. The quantitative estimate of drug-likeness (QED) is 0.620. The fraction of sp³-hybridized carbons (Fsp3) is 0.273. The summed E-state index contributed by atoms with van der Waals surface area (Å²) in [6, 6.07) is 9.26. The molecule has 0 amide bonds. The summed E-state index contributed by atoms with van der Waals surface area (Å²) in [4.78, 5) is 14.0. The summed E-state index contributed by atoms with van der Waals surface area (Å²) in [5, 5.41) is 17.5. The molecule has 0 spiro atoms. The van der Waals surface area contributed by atoms with E-state index >= 15 is 0 Å². The molecule has 0 radical (unpaired) electrons. The monoisotopic (exact) mass is 411 g/mol. The van der Waals surface area contributed by atoms with Gasteiger partial charge in [0.15, 0.2) is 0 Å². The number of morpholine rings is 1. The van der Waals surface area contributed by atoms with E-state index in [2.05, 4.69) is 15.1 Å². The van der Waals surface area contributed by atoms with Gasteiger partial charge in [-0.25, -0.2) is 9.18 Å². The third-order valence-corrected chi connectivity index (χ3v) is 5.00. The molecule has 2 aromatic carbocycles. The molecule has 1 aromatic heterocycles. The van der Waals surface area contributed by atoms with Gasteiger partial charge in [-0.15, -0.1) is 0 Å².